The van der Waals surface area contributed by atoms with Crippen molar-refractivity contribution in [3.8, 4) is 0 Å². The summed E-state index contributed by atoms with van der Waals surface area (Å²) in [6, 6.07) is 15.4. The van der Waals surface area contributed by atoms with Gasteiger partial charge in [0.1, 0.15) is 0 Å². The molecule has 1 aromatic heterocycles. The second-order valence-electron chi connectivity index (χ2n) is 4.69. The average Bonchev–Trinajstić information content (AvgIpc) is 2.51. The van der Waals surface area contributed by atoms with Crippen molar-refractivity contribution in [2.75, 3.05) is 0 Å². The lowest BCUT2D eigenvalue weighted by Crippen LogP contribution is -2.32. The second kappa shape index (κ2) is 7.85. The highest BCUT2D eigenvalue weighted by atomic mass is 16.4. The van der Waals surface area contributed by atoms with Gasteiger partial charge < -0.3 is 10.4 Å². The molecule has 0 radical (unpaired) electrons. The van der Waals surface area contributed by atoms with E-state index in [1.807, 2.05) is 60.7 Å². The van der Waals surface area contributed by atoms with E-state index in [0.29, 0.717) is 6.42 Å². The number of rotatable bonds is 6. The van der Waals surface area contributed by atoms with E-state index < -0.39 is 6.09 Å². The number of aryl methyl sites for hydroxylation is 1. The Hall–Kier alpha value is -2.62. The van der Waals surface area contributed by atoms with Gasteiger partial charge in [-0.3, -0.25) is 4.98 Å². The molecule has 108 valence electrons. The molecule has 21 heavy (non-hydrogen) atoms. The molecule has 2 N–H and O–H groups in total. The van der Waals surface area contributed by atoms with Crippen LogP contribution >= 0.6 is 0 Å². The fourth-order valence-corrected chi connectivity index (χ4v) is 2.03. The molecule has 1 heterocycles. The Morgan fingerprint density at radius 2 is 1.95 bits per heavy atom. The smallest absolute Gasteiger partial charge is 0.405 e. The van der Waals surface area contributed by atoms with E-state index in [0.717, 1.165) is 12.1 Å². The maximum atomic E-state index is 10.9. The van der Waals surface area contributed by atoms with Gasteiger partial charge >= 0.3 is 6.09 Å². The molecule has 1 aromatic carbocycles. The largest absolute Gasteiger partial charge is 0.465 e. The van der Waals surface area contributed by atoms with Gasteiger partial charge in [0.05, 0.1) is 11.7 Å². The van der Waals surface area contributed by atoms with E-state index in [1.54, 1.807) is 6.20 Å². The van der Waals surface area contributed by atoms with Crippen LogP contribution in [0.15, 0.2) is 60.8 Å². The van der Waals surface area contributed by atoms with Crippen LogP contribution in [0.2, 0.25) is 0 Å². The summed E-state index contributed by atoms with van der Waals surface area (Å²) in [4.78, 5) is 15.1. The molecule has 0 saturated carbocycles. The lowest BCUT2D eigenvalue weighted by molar-refractivity contribution is 0.191. The molecule has 2 aromatic rings. The van der Waals surface area contributed by atoms with Crippen LogP contribution in [0.25, 0.3) is 6.08 Å². The van der Waals surface area contributed by atoms with Crippen molar-refractivity contribution in [3.63, 3.8) is 0 Å². The van der Waals surface area contributed by atoms with Gasteiger partial charge in [0.15, 0.2) is 0 Å². The zero-order valence-corrected chi connectivity index (χ0v) is 11.6. The molecule has 0 aliphatic carbocycles. The van der Waals surface area contributed by atoms with Crippen molar-refractivity contribution in [3.05, 3.63) is 72.1 Å². The number of benzene rings is 1. The minimum atomic E-state index is -1.02. The number of hydrogen-bond donors (Lipinski definition) is 2. The number of nitrogens with zero attached hydrogens (tertiary/aromatic N) is 1. The summed E-state index contributed by atoms with van der Waals surface area (Å²) in [5.74, 6) is 0. The molecule has 0 bridgehead atoms. The highest BCUT2D eigenvalue weighted by Gasteiger charge is 2.08. The second-order valence-corrected chi connectivity index (χ2v) is 4.69. The molecule has 2 rings (SSSR count). The molecule has 0 spiro atoms. The molecule has 0 fully saturated rings. The topological polar surface area (TPSA) is 62.2 Å². The van der Waals surface area contributed by atoms with Crippen LogP contribution in [0.5, 0.6) is 0 Å². The van der Waals surface area contributed by atoms with Crippen LogP contribution in [-0.2, 0) is 6.42 Å². The van der Waals surface area contributed by atoms with Gasteiger partial charge in [0.2, 0.25) is 0 Å². The van der Waals surface area contributed by atoms with E-state index in [4.69, 9.17) is 5.11 Å². The summed E-state index contributed by atoms with van der Waals surface area (Å²) in [6.07, 6.45) is 5.91. The minimum absolute atomic E-state index is 0.232. The standard InChI is InChI=1S/C17H18N2O2/c20-17(21)19-16(10-9-14-6-2-1-3-7-14)12-11-15-8-4-5-13-18-15/h1-8,11-13,16,19H,9-10H2,(H,20,21)/b12-11+. The summed E-state index contributed by atoms with van der Waals surface area (Å²) in [5, 5.41) is 11.4. The molecule has 0 saturated heterocycles. The lowest BCUT2D eigenvalue weighted by atomic mass is 10.0. The molecule has 4 heteroatoms. The van der Waals surface area contributed by atoms with Gasteiger partial charge in [-0.05, 0) is 36.6 Å². The lowest BCUT2D eigenvalue weighted by Gasteiger charge is -2.12. The Kier molecular flexibility index (Phi) is 5.52. The maximum Gasteiger partial charge on any atom is 0.405 e. The van der Waals surface area contributed by atoms with E-state index in [2.05, 4.69) is 10.3 Å². The zero-order chi connectivity index (χ0) is 14.9. The van der Waals surface area contributed by atoms with Crippen molar-refractivity contribution in [1.82, 2.24) is 10.3 Å². The predicted octanol–water partition coefficient (Wildman–Crippen LogP) is 3.36. The first kappa shape index (κ1) is 14.8. The van der Waals surface area contributed by atoms with Gasteiger partial charge in [0.25, 0.3) is 0 Å². The van der Waals surface area contributed by atoms with Crippen LogP contribution in [0.3, 0.4) is 0 Å². The summed E-state index contributed by atoms with van der Waals surface area (Å²) < 4.78 is 0. The van der Waals surface area contributed by atoms with E-state index in [-0.39, 0.29) is 6.04 Å². The quantitative estimate of drug-likeness (QED) is 0.854. The Morgan fingerprint density at radius 1 is 1.19 bits per heavy atom. The highest BCUT2D eigenvalue weighted by molar-refractivity contribution is 5.65. The fourth-order valence-electron chi connectivity index (χ4n) is 2.03. The number of nitrogens with one attached hydrogen (secondary N) is 1. The van der Waals surface area contributed by atoms with Gasteiger partial charge in [-0.25, -0.2) is 4.79 Å². The Morgan fingerprint density at radius 3 is 2.62 bits per heavy atom. The summed E-state index contributed by atoms with van der Waals surface area (Å²) in [5.41, 5.74) is 2.01. The van der Waals surface area contributed by atoms with Crippen LogP contribution < -0.4 is 5.32 Å². The molecule has 1 atom stereocenters. The molecule has 0 aliphatic heterocycles. The third-order valence-corrected chi connectivity index (χ3v) is 3.08. The summed E-state index contributed by atoms with van der Waals surface area (Å²) in [7, 11) is 0. The molecule has 0 aliphatic rings. The molecular formula is C17H18N2O2. The third-order valence-electron chi connectivity index (χ3n) is 3.08. The van der Waals surface area contributed by atoms with Gasteiger partial charge in [0, 0.05) is 6.20 Å². The highest BCUT2D eigenvalue weighted by Crippen LogP contribution is 2.07. The number of amides is 1. The first-order chi connectivity index (χ1) is 10.2. The van der Waals surface area contributed by atoms with E-state index >= 15 is 0 Å². The van der Waals surface area contributed by atoms with Crippen molar-refractivity contribution in [1.29, 1.82) is 0 Å². The fraction of sp³-hybridized carbons (Fsp3) is 0.176. The molecular weight excluding hydrogens is 264 g/mol. The van der Waals surface area contributed by atoms with Crippen molar-refractivity contribution in [2.24, 2.45) is 0 Å². The van der Waals surface area contributed by atoms with Crippen molar-refractivity contribution in [2.45, 2.75) is 18.9 Å². The monoisotopic (exact) mass is 282 g/mol. The summed E-state index contributed by atoms with van der Waals surface area (Å²) in [6.45, 7) is 0. The Labute approximate surface area is 124 Å². The number of aromatic nitrogens is 1. The van der Waals surface area contributed by atoms with Crippen molar-refractivity contribution >= 4 is 12.2 Å². The summed E-state index contributed by atoms with van der Waals surface area (Å²) >= 11 is 0. The first-order valence-electron chi connectivity index (χ1n) is 6.86. The number of hydrogen-bond acceptors (Lipinski definition) is 2. The van der Waals surface area contributed by atoms with Crippen LogP contribution in [-0.4, -0.2) is 22.2 Å². The SMILES string of the molecule is O=C(O)NC(/C=C/c1ccccn1)CCc1ccccc1. The maximum absolute atomic E-state index is 10.9. The number of carbonyl (C=O) groups is 1. The zero-order valence-electron chi connectivity index (χ0n) is 11.6. The molecule has 1 unspecified atom stereocenters. The minimum Gasteiger partial charge on any atom is -0.465 e. The number of carboxylic acid groups (broad SMARTS) is 1. The number of pyridine rings is 1. The molecule has 1 amide bonds. The van der Waals surface area contributed by atoms with Crippen LogP contribution in [0.1, 0.15) is 17.7 Å². The Balaban J connectivity index is 1.97. The van der Waals surface area contributed by atoms with Crippen LogP contribution in [0, 0.1) is 0 Å². The van der Waals surface area contributed by atoms with E-state index in [9.17, 15) is 4.79 Å². The van der Waals surface area contributed by atoms with Gasteiger partial charge in [-0.2, -0.15) is 0 Å². The first-order valence-corrected chi connectivity index (χ1v) is 6.86. The predicted molar refractivity (Wildman–Crippen MR) is 83.0 cm³/mol. The normalized spacial score (nSPS) is 12.2. The average molecular weight is 282 g/mol. The van der Waals surface area contributed by atoms with Crippen molar-refractivity contribution < 1.29 is 9.90 Å². The van der Waals surface area contributed by atoms with Gasteiger partial charge in [-0.15, -0.1) is 0 Å². The molecule has 4 nitrogen and oxygen atoms in total. The van der Waals surface area contributed by atoms with Gasteiger partial charge in [-0.1, -0.05) is 42.5 Å². The van der Waals surface area contributed by atoms with Crippen LogP contribution in [0.4, 0.5) is 4.79 Å². The van der Waals surface area contributed by atoms with E-state index in [1.165, 1.54) is 5.56 Å². The Bertz CT molecular complexity index is 582. The third kappa shape index (κ3) is 5.48.